The molecule has 0 heterocycles. The van der Waals surface area contributed by atoms with Crippen molar-refractivity contribution in [2.75, 3.05) is 6.54 Å². The molecule has 0 aliphatic heterocycles. The molecule has 0 fully saturated rings. The Morgan fingerprint density at radius 3 is 2.44 bits per heavy atom. The Kier molecular flexibility index (Phi) is 8.41. The van der Waals surface area contributed by atoms with Gasteiger partial charge in [-0.15, -0.1) is 0 Å². The highest BCUT2D eigenvalue weighted by molar-refractivity contribution is 5.74. The lowest BCUT2D eigenvalue weighted by Gasteiger charge is -2.20. The predicted octanol–water partition coefficient (Wildman–Crippen LogP) is 3.03. The van der Waals surface area contributed by atoms with Crippen LogP contribution >= 0.6 is 0 Å². The highest BCUT2D eigenvalue weighted by Gasteiger charge is 2.23. The number of amides is 1. The summed E-state index contributed by atoms with van der Waals surface area (Å²) in [5, 5.41) is 12.7. The van der Waals surface area contributed by atoms with Crippen LogP contribution in [0.15, 0.2) is 30.3 Å². The molecule has 2 N–H and O–H groups in total. The zero-order chi connectivity index (χ0) is 18.9. The Bertz CT molecular complexity index is 538. The summed E-state index contributed by atoms with van der Waals surface area (Å²) in [4.78, 5) is 23.4. The molecular weight excluding hydrogens is 322 g/mol. The molecule has 0 saturated carbocycles. The normalized spacial score (nSPS) is 13.6. The molecule has 140 valence electrons. The van der Waals surface area contributed by atoms with E-state index in [2.05, 4.69) is 5.32 Å². The molecule has 1 aromatic rings. The van der Waals surface area contributed by atoms with Crippen LogP contribution in [0.4, 0.5) is 4.79 Å². The third-order valence-electron chi connectivity index (χ3n) is 3.51. The molecule has 0 aliphatic carbocycles. The monoisotopic (exact) mass is 351 g/mol. The van der Waals surface area contributed by atoms with Crippen LogP contribution in [0.5, 0.6) is 0 Å². The van der Waals surface area contributed by atoms with E-state index in [4.69, 9.17) is 9.47 Å². The van der Waals surface area contributed by atoms with Crippen molar-refractivity contribution in [3.63, 3.8) is 0 Å². The van der Waals surface area contributed by atoms with E-state index in [0.717, 1.165) is 5.56 Å². The predicted molar refractivity (Wildman–Crippen MR) is 94.9 cm³/mol. The number of aliphatic hydroxyl groups is 1. The Hall–Kier alpha value is -2.08. The van der Waals surface area contributed by atoms with Crippen molar-refractivity contribution in [3.05, 3.63) is 35.9 Å². The van der Waals surface area contributed by atoms with Gasteiger partial charge in [0.1, 0.15) is 12.2 Å². The molecule has 0 radical (unpaired) electrons. The van der Waals surface area contributed by atoms with Gasteiger partial charge in [0.05, 0.1) is 0 Å². The zero-order valence-electron chi connectivity index (χ0n) is 15.5. The van der Waals surface area contributed by atoms with Gasteiger partial charge in [0.2, 0.25) is 0 Å². The van der Waals surface area contributed by atoms with Crippen LogP contribution in [0, 0.1) is 5.92 Å². The van der Waals surface area contributed by atoms with E-state index >= 15 is 0 Å². The highest BCUT2D eigenvalue weighted by Crippen LogP contribution is 2.13. The van der Waals surface area contributed by atoms with E-state index < -0.39 is 23.8 Å². The number of carbonyl (C=O) groups is 2. The summed E-state index contributed by atoms with van der Waals surface area (Å²) < 4.78 is 10.3. The molecule has 1 aromatic carbocycles. The second-order valence-corrected chi connectivity index (χ2v) is 7.09. The van der Waals surface area contributed by atoms with E-state index in [1.807, 2.05) is 30.3 Å². The third-order valence-corrected chi connectivity index (χ3v) is 3.51. The van der Waals surface area contributed by atoms with Crippen LogP contribution < -0.4 is 5.32 Å². The second kappa shape index (κ2) is 10.0. The van der Waals surface area contributed by atoms with Crippen molar-refractivity contribution < 1.29 is 24.2 Å². The van der Waals surface area contributed by atoms with Crippen LogP contribution in [0.3, 0.4) is 0 Å². The fourth-order valence-electron chi connectivity index (χ4n) is 2.13. The van der Waals surface area contributed by atoms with Crippen LogP contribution in [-0.4, -0.2) is 35.4 Å². The smallest absolute Gasteiger partial charge is 0.407 e. The lowest BCUT2D eigenvalue weighted by molar-refractivity contribution is -0.157. The molecular formula is C19H29NO5. The minimum absolute atomic E-state index is 0.143. The first-order valence-electron chi connectivity index (χ1n) is 8.54. The number of alkyl carbamates (subject to hydrolysis) is 1. The van der Waals surface area contributed by atoms with Gasteiger partial charge >= 0.3 is 12.1 Å². The first-order valence-corrected chi connectivity index (χ1v) is 8.54. The average Bonchev–Trinajstić information content (AvgIpc) is 2.55. The molecule has 2 atom stereocenters. The minimum Gasteiger partial charge on any atom is -0.459 e. The Labute approximate surface area is 149 Å². The first kappa shape index (κ1) is 21.0. The molecule has 1 rings (SSSR count). The maximum absolute atomic E-state index is 11.9. The van der Waals surface area contributed by atoms with Crippen LogP contribution in [0.25, 0.3) is 0 Å². The fourth-order valence-corrected chi connectivity index (χ4v) is 2.13. The van der Waals surface area contributed by atoms with Crippen molar-refractivity contribution >= 4 is 12.1 Å². The number of esters is 1. The topological polar surface area (TPSA) is 84.9 Å². The van der Waals surface area contributed by atoms with Crippen molar-refractivity contribution in [3.8, 4) is 0 Å². The van der Waals surface area contributed by atoms with E-state index in [0.29, 0.717) is 19.4 Å². The summed E-state index contributed by atoms with van der Waals surface area (Å²) in [5.41, 5.74) is 0.341. The fraction of sp³-hybridized carbons (Fsp3) is 0.579. The first-order chi connectivity index (χ1) is 11.7. The standard InChI is InChI=1S/C19H29NO5/c1-14(9-8-12-20-18(23)25-19(2,3)4)16(21)17(22)24-13-15-10-6-5-7-11-15/h5-7,10-11,14,16,21H,8-9,12-13H2,1-4H3,(H,20,23)/t14-,16?/m0/s1. The number of carbonyl (C=O) groups excluding carboxylic acids is 2. The molecule has 0 aliphatic rings. The van der Waals surface area contributed by atoms with Gasteiger partial charge in [0.15, 0.2) is 6.10 Å². The van der Waals surface area contributed by atoms with Crippen LogP contribution in [-0.2, 0) is 20.9 Å². The van der Waals surface area contributed by atoms with Gasteiger partial charge in [0.25, 0.3) is 0 Å². The molecule has 0 spiro atoms. The number of hydrogen-bond donors (Lipinski definition) is 2. The summed E-state index contributed by atoms with van der Waals surface area (Å²) in [7, 11) is 0. The number of nitrogens with one attached hydrogen (secondary N) is 1. The number of aliphatic hydroxyl groups excluding tert-OH is 1. The number of benzene rings is 1. The molecule has 1 amide bonds. The number of rotatable bonds is 8. The summed E-state index contributed by atoms with van der Waals surface area (Å²) in [6.07, 6.45) is -0.436. The number of ether oxygens (including phenoxy) is 2. The van der Waals surface area contributed by atoms with Crippen molar-refractivity contribution in [1.29, 1.82) is 0 Å². The van der Waals surface area contributed by atoms with Crippen LogP contribution in [0.1, 0.15) is 46.1 Å². The van der Waals surface area contributed by atoms with Gasteiger partial charge < -0.3 is 19.9 Å². The minimum atomic E-state index is -1.18. The van der Waals surface area contributed by atoms with Crippen LogP contribution in [0.2, 0.25) is 0 Å². The van der Waals surface area contributed by atoms with E-state index in [9.17, 15) is 14.7 Å². The third kappa shape index (κ3) is 9.10. The molecule has 25 heavy (non-hydrogen) atoms. The maximum atomic E-state index is 11.9. The van der Waals surface area contributed by atoms with Crippen molar-refractivity contribution in [2.24, 2.45) is 5.92 Å². The van der Waals surface area contributed by atoms with Gasteiger partial charge in [-0.3, -0.25) is 0 Å². The second-order valence-electron chi connectivity index (χ2n) is 7.09. The molecule has 1 unspecified atom stereocenters. The largest absolute Gasteiger partial charge is 0.459 e. The SMILES string of the molecule is C[C@@H](CCCNC(=O)OC(C)(C)C)C(O)C(=O)OCc1ccccc1. The van der Waals surface area contributed by atoms with Gasteiger partial charge in [-0.1, -0.05) is 37.3 Å². The van der Waals surface area contributed by atoms with E-state index in [1.54, 1.807) is 27.7 Å². The van der Waals surface area contributed by atoms with Gasteiger partial charge in [0, 0.05) is 6.54 Å². The van der Waals surface area contributed by atoms with E-state index in [-0.39, 0.29) is 12.5 Å². The summed E-state index contributed by atoms with van der Waals surface area (Å²) in [6.45, 7) is 7.74. The lowest BCUT2D eigenvalue weighted by atomic mass is 9.99. The lowest BCUT2D eigenvalue weighted by Crippen LogP contribution is -2.34. The summed E-state index contributed by atoms with van der Waals surface area (Å²) in [5.74, 6) is -0.889. The average molecular weight is 351 g/mol. The molecule has 6 nitrogen and oxygen atoms in total. The Morgan fingerprint density at radius 1 is 1.20 bits per heavy atom. The van der Waals surface area contributed by atoms with Crippen molar-refractivity contribution in [2.45, 2.75) is 58.8 Å². The maximum Gasteiger partial charge on any atom is 0.407 e. The van der Waals surface area contributed by atoms with Gasteiger partial charge in [-0.2, -0.15) is 0 Å². The highest BCUT2D eigenvalue weighted by atomic mass is 16.6. The Balaban J connectivity index is 2.23. The number of hydrogen-bond acceptors (Lipinski definition) is 5. The van der Waals surface area contributed by atoms with Gasteiger partial charge in [-0.05, 0) is 45.1 Å². The summed E-state index contributed by atoms with van der Waals surface area (Å²) in [6, 6.07) is 9.31. The van der Waals surface area contributed by atoms with E-state index in [1.165, 1.54) is 0 Å². The summed E-state index contributed by atoms with van der Waals surface area (Å²) >= 11 is 0. The molecule has 0 bridgehead atoms. The molecule has 0 saturated heterocycles. The quantitative estimate of drug-likeness (QED) is 0.555. The zero-order valence-corrected chi connectivity index (χ0v) is 15.5. The van der Waals surface area contributed by atoms with Gasteiger partial charge in [-0.25, -0.2) is 9.59 Å². The molecule has 0 aromatic heterocycles. The molecule has 6 heteroatoms. The Morgan fingerprint density at radius 2 is 1.84 bits per heavy atom. The van der Waals surface area contributed by atoms with Crippen molar-refractivity contribution in [1.82, 2.24) is 5.32 Å².